The van der Waals surface area contributed by atoms with E-state index in [9.17, 15) is 9.59 Å². The number of carbonyl (C=O) groups excluding carboxylic acids is 2. The van der Waals surface area contributed by atoms with Crippen LogP contribution in [0.1, 0.15) is 26.5 Å². The van der Waals surface area contributed by atoms with Crippen molar-refractivity contribution in [1.82, 2.24) is 4.98 Å². The van der Waals surface area contributed by atoms with Crippen LogP contribution >= 0.6 is 11.6 Å². The third-order valence-electron chi connectivity index (χ3n) is 3.61. The molecule has 3 rings (SSSR count). The van der Waals surface area contributed by atoms with Crippen molar-refractivity contribution in [3.63, 3.8) is 0 Å². The Morgan fingerprint density at radius 2 is 1.38 bits per heavy atom. The Balaban J connectivity index is 1.73. The Labute approximate surface area is 156 Å². The van der Waals surface area contributed by atoms with Crippen LogP contribution in [-0.4, -0.2) is 16.8 Å². The Kier molecular flexibility index (Phi) is 5.29. The first-order valence-corrected chi connectivity index (χ1v) is 8.31. The average Bonchev–Trinajstić information content (AvgIpc) is 2.64. The van der Waals surface area contributed by atoms with Gasteiger partial charge in [-0.1, -0.05) is 41.4 Å². The van der Waals surface area contributed by atoms with Gasteiger partial charge in [0.15, 0.2) is 0 Å². The molecule has 0 atom stereocenters. The molecule has 0 fully saturated rings. The van der Waals surface area contributed by atoms with E-state index in [4.69, 9.17) is 11.6 Å². The quantitative estimate of drug-likeness (QED) is 0.712. The van der Waals surface area contributed by atoms with Crippen LogP contribution in [0.15, 0.2) is 66.7 Å². The van der Waals surface area contributed by atoms with Crippen LogP contribution in [0.3, 0.4) is 0 Å². The summed E-state index contributed by atoms with van der Waals surface area (Å²) in [6.45, 7) is 1.97. The summed E-state index contributed by atoms with van der Waals surface area (Å²) < 4.78 is 0. The minimum absolute atomic E-state index is 0.140. The van der Waals surface area contributed by atoms with Crippen molar-refractivity contribution in [3.05, 3.63) is 88.7 Å². The SMILES string of the molecule is Cc1ccc(NC(=O)c2cccc(C(=O)Nc3cccc(Cl)c3)n2)cc1. The van der Waals surface area contributed by atoms with E-state index >= 15 is 0 Å². The van der Waals surface area contributed by atoms with E-state index < -0.39 is 5.91 Å². The molecule has 3 aromatic rings. The van der Waals surface area contributed by atoms with Crippen molar-refractivity contribution in [2.75, 3.05) is 10.6 Å². The minimum atomic E-state index is -0.419. The first-order valence-electron chi connectivity index (χ1n) is 7.93. The first-order chi connectivity index (χ1) is 12.5. The molecule has 2 aromatic carbocycles. The average molecular weight is 366 g/mol. The lowest BCUT2D eigenvalue weighted by Gasteiger charge is -2.08. The summed E-state index contributed by atoms with van der Waals surface area (Å²) in [6.07, 6.45) is 0. The van der Waals surface area contributed by atoms with E-state index in [-0.39, 0.29) is 17.3 Å². The van der Waals surface area contributed by atoms with Gasteiger partial charge in [0.05, 0.1) is 0 Å². The molecule has 26 heavy (non-hydrogen) atoms. The lowest BCUT2D eigenvalue weighted by atomic mass is 10.2. The number of pyridine rings is 1. The van der Waals surface area contributed by atoms with Crippen LogP contribution in [0.25, 0.3) is 0 Å². The molecule has 0 saturated carbocycles. The van der Waals surface area contributed by atoms with Gasteiger partial charge in [0, 0.05) is 16.4 Å². The summed E-state index contributed by atoms with van der Waals surface area (Å²) in [5.41, 5.74) is 2.61. The number of benzene rings is 2. The number of hydrogen-bond acceptors (Lipinski definition) is 3. The van der Waals surface area contributed by atoms with Crippen molar-refractivity contribution in [2.45, 2.75) is 6.92 Å². The fourth-order valence-corrected chi connectivity index (χ4v) is 2.47. The first kappa shape index (κ1) is 17.6. The van der Waals surface area contributed by atoms with Gasteiger partial charge in [-0.15, -0.1) is 0 Å². The zero-order chi connectivity index (χ0) is 18.5. The van der Waals surface area contributed by atoms with E-state index in [0.29, 0.717) is 16.4 Å². The summed E-state index contributed by atoms with van der Waals surface area (Å²) in [7, 11) is 0. The van der Waals surface area contributed by atoms with Crippen molar-refractivity contribution in [1.29, 1.82) is 0 Å². The zero-order valence-corrected chi connectivity index (χ0v) is 14.7. The lowest BCUT2D eigenvalue weighted by molar-refractivity contribution is 0.101. The van der Waals surface area contributed by atoms with E-state index in [1.807, 2.05) is 31.2 Å². The molecule has 1 heterocycles. The largest absolute Gasteiger partial charge is 0.321 e. The highest BCUT2D eigenvalue weighted by molar-refractivity contribution is 6.31. The Bertz CT molecular complexity index is 955. The van der Waals surface area contributed by atoms with Crippen LogP contribution in [0.4, 0.5) is 11.4 Å². The van der Waals surface area contributed by atoms with Gasteiger partial charge in [-0.25, -0.2) is 4.98 Å². The highest BCUT2D eigenvalue weighted by Gasteiger charge is 2.13. The molecule has 1 aromatic heterocycles. The number of hydrogen-bond donors (Lipinski definition) is 2. The van der Waals surface area contributed by atoms with Gasteiger partial charge in [-0.2, -0.15) is 0 Å². The van der Waals surface area contributed by atoms with Gasteiger partial charge in [0.1, 0.15) is 11.4 Å². The van der Waals surface area contributed by atoms with Gasteiger partial charge < -0.3 is 10.6 Å². The highest BCUT2D eigenvalue weighted by Crippen LogP contribution is 2.16. The fraction of sp³-hybridized carbons (Fsp3) is 0.0500. The number of rotatable bonds is 4. The number of halogens is 1. The number of nitrogens with one attached hydrogen (secondary N) is 2. The van der Waals surface area contributed by atoms with E-state index in [2.05, 4.69) is 15.6 Å². The Hall–Kier alpha value is -3.18. The van der Waals surface area contributed by atoms with Crippen LogP contribution in [0.5, 0.6) is 0 Å². The Morgan fingerprint density at radius 1 is 0.808 bits per heavy atom. The molecular weight excluding hydrogens is 350 g/mol. The van der Waals surface area contributed by atoms with Gasteiger partial charge in [-0.3, -0.25) is 9.59 Å². The van der Waals surface area contributed by atoms with Gasteiger partial charge in [-0.05, 0) is 49.4 Å². The molecule has 0 saturated heterocycles. The van der Waals surface area contributed by atoms with Crippen LogP contribution in [0, 0.1) is 6.92 Å². The molecule has 0 spiro atoms. The summed E-state index contributed by atoms with van der Waals surface area (Å²) in [4.78, 5) is 28.8. The Morgan fingerprint density at radius 3 is 2.00 bits per heavy atom. The number of aromatic nitrogens is 1. The van der Waals surface area contributed by atoms with Gasteiger partial charge in [0.25, 0.3) is 11.8 Å². The number of carbonyl (C=O) groups is 2. The fourth-order valence-electron chi connectivity index (χ4n) is 2.28. The van der Waals surface area contributed by atoms with Crippen LogP contribution in [0.2, 0.25) is 5.02 Å². The van der Waals surface area contributed by atoms with Crippen molar-refractivity contribution >= 4 is 34.8 Å². The summed E-state index contributed by atoms with van der Waals surface area (Å²) >= 11 is 5.91. The molecule has 0 unspecified atom stereocenters. The van der Waals surface area contributed by atoms with Crippen molar-refractivity contribution in [2.24, 2.45) is 0 Å². The second-order valence-electron chi connectivity index (χ2n) is 5.69. The van der Waals surface area contributed by atoms with Crippen LogP contribution in [-0.2, 0) is 0 Å². The second-order valence-corrected chi connectivity index (χ2v) is 6.13. The number of aryl methyl sites for hydroxylation is 1. The molecular formula is C20H16ClN3O2. The molecule has 2 amide bonds. The maximum absolute atomic E-state index is 12.4. The normalized spacial score (nSPS) is 10.2. The molecule has 130 valence electrons. The van der Waals surface area contributed by atoms with Gasteiger partial charge >= 0.3 is 0 Å². The van der Waals surface area contributed by atoms with E-state index in [1.165, 1.54) is 0 Å². The van der Waals surface area contributed by atoms with E-state index in [1.54, 1.807) is 42.5 Å². The highest BCUT2D eigenvalue weighted by atomic mass is 35.5. The third-order valence-corrected chi connectivity index (χ3v) is 3.84. The minimum Gasteiger partial charge on any atom is -0.321 e. The molecule has 0 aliphatic heterocycles. The maximum Gasteiger partial charge on any atom is 0.274 e. The smallest absolute Gasteiger partial charge is 0.274 e. The summed E-state index contributed by atoms with van der Waals surface area (Å²) in [5.74, 6) is -0.802. The number of nitrogens with zero attached hydrogens (tertiary/aromatic N) is 1. The maximum atomic E-state index is 12.4. The van der Waals surface area contributed by atoms with Gasteiger partial charge in [0.2, 0.25) is 0 Å². The monoisotopic (exact) mass is 365 g/mol. The van der Waals surface area contributed by atoms with Crippen LogP contribution < -0.4 is 10.6 Å². The lowest BCUT2D eigenvalue weighted by Crippen LogP contribution is -2.18. The molecule has 0 bridgehead atoms. The molecule has 0 radical (unpaired) electrons. The molecule has 0 aliphatic carbocycles. The molecule has 2 N–H and O–H groups in total. The van der Waals surface area contributed by atoms with Crippen molar-refractivity contribution < 1.29 is 9.59 Å². The molecule has 5 nitrogen and oxygen atoms in total. The predicted octanol–water partition coefficient (Wildman–Crippen LogP) is 4.55. The third kappa shape index (κ3) is 4.46. The molecule has 0 aliphatic rings. The summed E-state index contributed by atoms with van der Waals surface area (Å²) in [6, 6.07) is 18.9. The number of anilines is 2. The standard InChI is InChI=1S/C20H16ClN3O2/c1-13-8-10-15(11-9-13)22-19(25)17-6-3-7-18(24-17)20(26)23-16-5-2-4-14(21)12-16/h2-12H,1H3,(H,22,25)(H,23,26). The topological polar surface area (TPSA) is 71.1 Å². The predicted molar refractivity (Wildman–Crippen MR) is 103 cm³/mol. The number of amides is 2. The zero-order valence-electron chi connectivity index (χ0n) is 14.0. The summed E-state index contributed by atoms with van der Waals surface area (Å²) in [5, 5.41) is 5.98. The molecule has 6 heteroatoms. The van der Waals surface area contributed by atoms with E-state index in [0.717, 1.165) is 5.56 Å². The van der Waals surface area contributed by atoms with Crippen molar-refractivity contribution in [3.8, 4) is 0 Å². The second kappa shape index (κ2) is 7.80.